The lowest BCUT2D eigenvalue weighted by Crippen LogP contribution is -2.37. The molecule has 2 heteroatoms. The molecule has 0 spiro atoms. The second-order valence-electron chi connectivity index (χ2n) is 10.5. The Balaban J connectivity index is 1.77. The molecule has 0 heterocycles. The lowest BCUT2D eigenvalue weighted by atomic mass is 9.61. The number of phenolic OH excluding ortho intramolecular Hbond substituents is 1. The van der Waals surface area contributed by atoms with Crippen LogP contribution in [0.4, 0.5) is 0 Å². The van der Waals surface area contributed by atoms with Gasteiger partial charge in [0.2, 0.25) is 0 Å². The SMILES string of the molecule is CCCCCCC(C)(C)c1ccc(C2CC(O)CC3CCC(C)CC32)c(O)c1. The van der Waals surface area contributed by atoms with Gasteiger partial charge in [-0.15, -0.1) is 0 Å². The van der Waals surface area contributed by atoms with Crippen LogP contribution in [0.3, 0.4) is 0 Å². The summed E-state index contributed by atoms with van der Waals surface area (Å²) >= 11 is 0. The van der Waals surface area contributed by atoms with Gasteiger partial charge in [0.15, 0.2) is 0 Å². The lowest BCUT2D eigenvalue weighted by Gasteiger charge is -2.45. The molecule has 2 nitrogen and oxygen atoms in total. The second-order valence-corrected chi connectivity index (χ2v) is 10.5. The van der Waals surface area contributed by atoms with Crippen molar-refractivity contribution in [1.29, 1.82) is 0 Å². The Morgan fingerprint density at radius 3 is 2.54 bits per heavy atom. The number of aliphatic hydroxyl groups excluding tert-OH is 1. The number of hydrogen-bond donors (Lipinski definition) is 2. The Kier molecular flexibility index (Phi) is 7.12. The molecule has 0 radical (unpaired) electrons. The molecule has 2 N–H and O–H groups in total. The minimum absolute atomic E-state index is 0.0950. The molecule has 2 aliphatic rings. The van der Waals surface area contributed by atoms with Gasteiger partial charge in [0, 0.05) is 0 Å². The van der Waals surface area contributed by atoms with Crippen LogP contribution in [0.15, 0.2) is 18.2 Å². The second kappa shape index (κ2) is 9.20. The fourth-order valence-corrected chi connectivity index (χ4v) is 5.96. The van der Waals surface area contributed by atoms with Gasteiger partial charge < -0.3 is 10.2 Å². The average Bonchev–Trinajstić information content (AvgIpc) is 2.65. The van der Waals surface area contributed by atoms with Gasteiger partial charge in [-0.1, -0.05) is 71.9 Å². The number of phenols is 1. The number of fused-ring (bicyclic) bond motifs is 1. The van der Waals surface area contributed by atoms with Crippen molar-refractivity contribution in [3.63, 3.8) is 0 Å². The number of aromatic hydroxyl groups is 1. The summed E-state index contributed by atoms with van der Waals surface area (Å²) in [5.41, 5.74) is 2.42. The van der Waals surface area contributed by atoms with Gasteiger partial charge in [-0.2, -0.15) is 0 Å². The van der Waals surface area contributed by atoms with Crippen molar-refractivity contribution in [2.45, 2.75) is 109 Å². The van der Waals surface area contributed by atoms with E-state index < -0.39 is 0 Å². The van der Waals surface area contributed by atoms with Gasteiger partial charge in [-0.3, -0.25) is 0 Å². The van der Waals surface area contributed by atoms with Crippen molar-refractivity contribution in [2.75, 3.05) is 0 Å². The van der Waals surface area contributed by atoms with Gasteiger partial charge in [0.05, 0.1) is 6.10 Å². The van der Waals surface area contributed by atoms with Crippen molar-refractivity contribution in [3.05, 3.63) is 29.3 Å². The molecule has 5 unspecified atom stereocenters. The molecule has 28 heavy (non-hydrogen) atoms. The molecule has 1 aromatic rings. The third-order valence-corrected chi connectivity index (χ3v) is 7.79. The van der Waals surface area contributed by atoms with Crippen molar-refractivity contribution in [3.8, 4) is 5.75 Å². The first-order chi connectivity index (χ1) is 13.3. The summed E-state index contributed by atoms with van der Waals surface area (Å²) in [6.07, 6.45) is 11.6. The van der Waals surface area contributed by atoms with Crippen LogP contribution >= 0.6 is 0 Å². The summed E-state index contributed by atoms with van der Waals surface area (Å²) in [5, 5.41) is 21.5. The van der Waals surface area contributed by atoms with E-state index in [1.165, 1.54) is 50.5 Å². The molecular weight excluding hydrogens is 344 g/mol. The van der Waals surface area contributed by atoms with Crippen LogP contribution in [-0.2, 0) is 5.41 Å². The van der Waals surface area contributed by atoms with Gasteiger partial charge in [-0.05, 0) is 78.4 Å². The highest BCUT2D eigenvalue weighted by molar-refractivity contribution is 5.42. The van der Waals surface area contributed by atoms with Crippen molar-refractivity contribution in [2.24, 2.45) is 17.8 Å². The molecule has 2 aliphatic carbocycles. The van der Waals surface area contributed by atoms with Crippen LogP contribution in [0, 0.1) is 17.8 Å². The average molecular weight is 387 g/mol. The molecule has 0 amide bonds. The van der Waals surface area contributed by atoms with Crippen LogP contribution in [0.5, 0.6) is 5.75 Å². The standard InChI is InChI=1S/C26H42O2/c1-5-6-7-8-13-26(3,4)20-11-12-22(25(28)16-20)24-17-21(27)15-19-10-9-18(2)14-23(19)24/h11-12,16,18-19,21,23-24,27-28H,5-10,13-15,17H2,1-4H3. The fourth-order valence-electron chi connectivity index (χ4n) is 5.96. The summed E-state index contributed by atoms with van der Waals surface area (Å²) in [7, 11) is 0. The van der Waals surface area contributed by atoms with E-state index in [4.69, 9.17) is 0 Å². The van der Waals surface area contributed by atoms with Gasteiger partial charge >= 0.3 is 0 Å². The van der Waals surface area contributed by atoms with Crippen LogP contribution in [-0.4, -0.2) is 16.3 Å². The zero-order chi connectivity index (χ0) is 20.3. The van der Waals surface area contributed by atoms with Crippen molar-refractivity contribution >= 4 is 0 Å². The fraction of sp³-hybridized carbons (Fsp3) is 0.769. The van der Waals surface area contributed by atoms with E-state index in [0.717, 1.165) is 30.7 Å². The Morgan fingerprint density at radius 1 is 1.04 bits per heavy atom. The third-order valence-electron chi connectivity index (χ3n) is 7.79. The maximum absolute atomic E-state index is 11.0. The molecule has 2 fully saturated rings. The number of hydrogen-bond acceptors (Lipinski definition) is 2. The monoisotopic (exact) mass is 386 g/mol. The van der Waals surface area contributed by atoms with Crippen LogP contribution in [0.1, 0.15) is 109 Å². The van der Waals surface area contributed by atoms with E-state index in [1.807, 2.05) is 6.07 Å². The maximum atomic E-state index is 11.0. The molecule has 3 rings (SSSR count). The summed E-state index contributed by atoms with van der Waals surface area (Å²) < 4.78 is 0. The number of aliphatic hydroxyl groups is 1. The predicted molar refractivity (Wildman–Crippen MR) is 118 cm³/mol. The highest BCUT2D eigenvalue weighted by Crippen LogP contribution is 2.51. The lowest BCUT2D eigenvalue weighted by molar-refractivity contribution is 0.0210. The molecule has 0 saturated heterocycles. The third kappa shape index (κ3) is 4.93. The highest BCUT2D eigenvalue weighted by atomic mass is 16.3. The molecule has 0 aromatic heterocycles. The minimum Gasteiger partial charge on any atom is -0.508 e. The first kappa shape index (κ1) is 21.7. The van der Waals surface area contributed by atoms with Gasteiger partial charge in [-0.25, -0.2) is 0 Å². The molecule has 5 atom stereocenters. The first-order valence-corrected chi connectivity index (χ1v) is 11.8. The van der Waals surface area contributed by atoms with Crippen molar-refractivity contribution < 1.29 is 10.2 Å². The minimum atomic E-state index is -0.214. The predicted octanol–water partition coefficient (Wildman–Crippen LogP) is 6.93. The van der Waals surface area contributed by atoms with E-state index in [-0.39, 0.29) is 11.5 Å². The summed E-state index contributed by atoms with van der Waals surface area (Å²) in [5.74, 6) is 2.76. The Hall–Kier alpha value is -1.02. The summed E-state index contributed by atoms with van der Waals surface area (Å²) in [6.45, 7) is 9.22. The molecular formula is C26H42O2. The van der Waals surface area contributed by atoms with E-state index in [9.17, 15) is 10.2 Å². The number of unbranched alkanes of at least 4 members (excludes halogenated alkanes) is 3. The Bertz CT molecular complexity index is 635. The van der Waals surface area contributed by atoms with Crippen molar-refractivity contribution in [1.82, 2.24) is 0 Å². The Morgan fingerprint density at radius 2 is 1.82 bits per heavy atom. The van der Waals surface area contributed by atoms with Crippen LogP contribution < -0.4 is 0 Å². The maximum Gasteiger partial charge on any atom is 0.119 e. The largest absolute Gasteiger partial charge is 0.508 e. The Labute approximate surface area is 172 Å². The molecule has 2 saturated carbocycles. The number of rotatable bonds is 7. The van der Waals surface area contributed by atoms with Gasteiger partial charge in [0.25, 0.3) is 0 Å². The molecule has 158 valence electrons. The van der Waals surface area contributed by atoms with E-state index in [2.05, 4.69) is 39.8 Å². The van der Waals surface area contributed by atoms with Gasteiger partial charge in [0.1, 0.15) is 5.75 Å². The smallest absolute Gasteiger partial charge is 0.119 e. The molecule has 0 aliphatic heterocycles. The van der Waals surface area contributed by atoms with E-state index >= 15 is 0 Å². The zero-order valence-electron chi connectivity index (χ0n) is 18.6. The quantitative estimate of drug-likeness (QED) is 0.499. The molecule has 0 bridgehead atoms. The molecule has 1 aromatic carbocycles. The van der Waals surface area contributed by atoms with Crippen LogP contribution in [0.25, 0.3) is 0 Å². The normalized spacial score (nSPS) is 30.8. The van der Waals surface area contributed by atoms with E-state index in [1.54, 1.807) is 0 Å². The first-order valence-electron chi connectivity index (χ1n) is 11.8. The summed E-state index contributed by atoms with van der Waals surface area (Å²) in [4.78, 5) is 0. The van der Waals surface area contributed by atoms with E-state index in [0.29, 0.717) is 23.5 Å². The topological polar surface area (TPSA) is 40.5 Å². The number of benzene rings is 1. The zero-order valence-corrected chi connectivity index (χ0v) is 18.6. The summed E-state index contributed by atoms with van der Waals surface area (Å²) in [6, 6.07) is 6.45. The highest BCUT2D eigenvalue weighted by Gasteiger charge is 2.41. The van der Waals surface area contributed by atoms with Crippen LogP contribution in [0.2, 0.25) is 0 Å².